The van der Waals surface area contributed by atoms with Gasteiger partial charge < -0.3 is 14.3 Å². The zero-order chi connectivity index (χ0) is 11.8. The van der Waals surface area contributed by atoms with Gasteiger partial charge in [0.25, 0.3) is 0 Å². The highest BCUT2D eigenvalue weighted by Crippen LogP contribution is 2.35. The molecule has 1 saturated heterocycles. The Morgan fingerprint density at radius 1 is 1.38 bits per heavy atom. The number of carboxylic acid groups (broad SMARTS) is 1. The Morgan fingerprint density at radius 3 is 2.44 bits per heavy atom. The Balaban J connectivity index is 2.42. The topological polar surface area (TPSA) is 72.6 Å². The van der Waals surface area contributed by atoms with E-state index in [2.05, 4.69) is 4.98 Å². The summed E-state index contributed by atoms with van der Waals surface area (Å²) in [6.45, 7) is 4.48. The van der Waals surface area contributed by atoms with Crippen LogP contribution in [0.25, 0.3) is 0 Å². The van der Waals surface area contributed by atoms with Gasteiger partial charge in [-0.25, -0.2) is 4.98 Å². The smallest absolute Gasteiger partial charge is 0.319 e. The van der Waals surface area contributed by atoms with E-state index in [9.17, 15) is 9.90 Å². The zero-order valence-electron chi connectivity index (χ0n) is 9.45. The maximum Gasteiger partial charge on any atom is 0.319 e. The summed E-state index contributed by atoms with van der Waals surface area (Å²) in [5, 5.41) is 9.39. The number of oxazole rings is 1. The lowest BCUT2D eigenvalue weighted by Gasteiger charge is -2.29. The first-order valence-electron chi connectivity index (χ1n) is 5.32. The first kappa shape index (κ1) is 11.1. The van der Waals surface area contributed by atoms with E-state index in [1.807, 2.05) is 6.92 Å². The van der Waals surface area contributed by atoms with Crippen LogP contribution < -0.4 is 0 Å². The van der Waals surface area contributed by atoms with Gasteiger partial charge in [-0.1, -0.05) is 0 Å². The molecule has 0 unspecified atom stereocenters. The van der Waals surface area contributed by atoms with E-state index in [0.29, 0.717) is 37.7 Å². The van der Waals surface area contributed by atoms with Crippen molar-refractivity contribution in [3.63, 3.8) is 0 Å². The van der Waals surface area contributed by atoms with E-state index in [1.54, 1.807) is 6.92 Å². The molecule has 5 heteroatoms. The fourth-order valence-electron chi connectivity index (χ4n) is 1.92. The number of aliphatic carboxylic acids is 1. The summed E-state index contributed by atoms with van der Waals surface area (Å²) in [7, 11) is 0. The van der Waals surface area contributed by atoms with E-state index in [0.717, 1.165) is 5.69 Å². The molecule has 1 aliphatic rings. The monoisotopic (exact) mass is 225 g/mol. The zero-order valence-corrected chi connectivity index (χ0v) is 9.45. The van der Waals surface area contributed by atoms with E-state index in [-0.39, 0.29) is 0 Å². The van der Waals surface area contributed by atoms with Crippen LogP contribution in [0.5, 0.6) is 0 Å². The van der Waals surface area contributed by atoms with Crippen LogP contribution in [0.1, 0.15) is 30.2 Å². The van der Waals surface area contributed by atoms with Crippen LogP contribution in [-0.4, -0.2) is 29.3 Å². The molecule has 2 heterocycles. The van der Waals surface area contributed by atoms with Gasteiger partial charge in [0.15, 0.2) is 0 Å². The van der Waals surface area contributed by atoms with Gasteiger partial charge in [0.2, 0.25) is 5.89 Å². The van der Waals surface area contributed by atoms with Crippen LogP contribution in [0.2, 0.25) is 0 Å². The molecule has 2 rings (SSSR count). The molecule has 0 amide bonds. The quantitative estimate of drug-likeness (QED) is 0.824. The number of aryl methyl sites for hydroxylation is 2. The summed E-state index contributed by atoms with van der Waals surface area (Å²) >= 11 is 0. The van der Waals surface area contributed by atoms with Crippen molar-refractivity contribution in [3.8, 4) is 0 Å². The van der Waals surface area contributed by atoms with Gasteiger partial charge in [-0.05, 0) is 26.7 Å². The summed E-state index contributed by atoms with van der Waals surface area (Å²) < 4.78 is 10.7. The lowest BCUT2D eigenvalue weighted by molar-refractivity contribution is -0.149. The molecule has 1 N–H and O–H groups in total. The second-order valence-corrected chi connectivity index (χ2v) is 4.16. The number of carbonyl (C=O) groups is 1. The molecule has 5 nitrogen and oxygen atoms in total. The summed E-state index contributed by atoms with van der Waals surface area (Å²) in [5.41, 5.74) is -0.251. The molecule has 0 spiro atoms. The molecule has 1 aromatic rings. The molecule has 0 aliphatic carbocycles. The Kier molecular flexibility index (Phi) is 2.71. The molecule has 16 heavy (non-hydrogen) atoms. The van der Waals surface area contributed by atoms with Crippen LogP contribution in [0.15, 0.2) is 4.42 Å². The van der Waals surface area contributed by atoms with E-state index < -0.39 is 11.4 Å². The van der Waals surface area contributed by atoms with Crippen molar-refractivity contribution in [2.24, 2.45) is 0 Å². The van der Waals surface area contributed by atoms with Gasteiger partial charge in [-0.15, -0.1) is 0 Å². The average molecular weight is 225 g/mol. The third kappa shape index (κ3) is 1.61. The lowest BCUT2D eigenvalue weighted by Crippen LogP contribution is -2.41. The molecule has 0 aromatic carbocycles. The van der Waals surface area contributed by atoms with Gasteiger partial charge in [0, 0.05) is 13.2 Å². The Hall–Kier alpha value is -1.36. The fraction of sp³-hybridized carbons (Fsp3) is 0.636. The van der Waals surface area contributed by atoms with Crippen LogP contribution in [0.3, 0.4) is 0 Å². The van der Waals surface area contributed by atoms with Crippen LogP contribution in [-0.2, 0) is 14.9 Å². The normalized spacial score (nSPS) is 19.6. The number of hydrogen-bond donors (Lipinski definition) is 1. The number of nitrogens with zero attached hydrogens (tertiary/aromatic N) is 1. The number of ether oxygens (including phenoxy) is 1. The highest BCUT2D eigenvalue weighted by molar-refractivity contribution is 5.80. The summed E-state index contributed by atoms with van der Waals surface area (Å²) in [5.74, 6) is 0.123. The molecular formula is C11H15NO4. The van der Waals surface area contributed by atoms with Gasteiger partial charge >= 0.3 is 5.97 Å². The van der Waals surface area contributed by atoms with Crippen molar-refractivity contribution in [3.05, 3.63) is 17.3 Å². The van der Waals surface area contributed by atoms with Crippen molar-refractivity contribution < 1.29 is 19.1 Å². The summed E-state index contributed by atoms with van der Waals surface area (Å²) in [6.07, 6.45) is 0.837. The van der Waals surface area contributed by atoms with Crippen molar-refractivity contribution in [2.75, 3.05) is 13.2 Å². The van der Waals surface area contributed by atoms with Gasteiger partial charge in [0.05, 0.1) is 5.69 Å². The van der Waals surface area contributed by atoms with Crippen LogP contribution in [0.4, 0.5) is 0 Å². The van der Waals surface area contributed by atoms with Gasteiger partial charge in [-0.3, -0.25) is 4.79 Å². The highest BCUT2D eigenvalue weighted by atomic mass is 16.5. The van der Waals surface area contributed by atoms with Crippen LogP contribution in [0, 0.1) is 13.8 Å². The molecule has 0 atom stereocenters. The van der Waals surface area contributed by atoms with Crippen molar-refractivity contribution in [1.29, 1.82) is 0 Å². The van der Waals surface area contributed by atoms with E-state index in [4.69, 9.17) is 9.15 Å². The number of aromatic nitrogens is 1. The second-order valence-electron chi connectivity index (χ2n) is 4.16. The Morgan fingerprint density at radius 2 is 2.00 bits per heavy atom. The third-order valence-corrected chi connectivity index (χ3v) is 3.19. The van der Waals surface area contributed by atoms with E-state index in [1.165, 1.54) is 0 Å². The van der Waals surface area contributed by atoms with Crippen molar-refractivity contribution in [2.45, 2.75) is 32.1 Å². The third-order valence-electron chi connectivity index (χ3n) is 3.19. The number of carboxylic acids is 1. The lowest BCUT2D eigenvalue weighted by atomic mass is 9.80. The fourth-order valence-corrected chi connectivity index (χ4v) is 1.92. The van der Waals surface area contributed by atoms with E-state index >= 15 is 0 Å². The van der Waals surface area contributed by atoms with Gasteiger partial charge in [-0.2, -0.15) is 0 Å². The van der Waals surface area contributed by atoms with Gasteiger partial charge in [0.1, 0.15) is 11.2 Å². The predicted molar refractivity (Wildman–Crippen MR) is 55.3 cm³/mol. The van der Waals surface area contributed by atoms with Crippen molar-refractivity contribution >= 4 is 5.97 Å². The average Bonchev–Trinajstić information content (AvgIpc) is 2.60. The molecule has 0 bridgehead atoms. The molecular weight excluding hydrogens is 210 g/mol. The Bertz CT molecular complexity index is 385. The molecule has 0 saturated carbocycles. The predicted octanol–water partition coefficient (Wildman–Crippen LogP) is 1.42. The molecule has 88 valence electrons. The molecule has 1 aliphatic heterocycles. The maximum atomic E-state index is 11.4. The minimum atomic E-state index is -1.00. The maximum absolute atomic E-state index is 11.4. The minimum absolute atomic E-state index is 0.318. The largest absolute Gasteiger partial charge is 0.480 e. The SMILES string of the molecule is Cc1nc(C2(C(=O)O)CCOCC2)oc1C. The molecule has 0 radical (unpaired) electrons. The summed E-state index contributed by atoms with van der Waals surface area (Å²) in [6, 6.07) is 0. The molecule has 1 aromatic heterocycles. The van der Waals surface area contributed by atoms with Crippen LogP contribution >= 0.6 is 0 Å². The molecule has 1 fully saturated rings. The number of hydrogen-bond acceptors (Lipinski definition) is 4. The standard InChI is InChI=1S/C11H15NO4/c1-7-8(2)16-9(12-7)11(10(13)14)3-5-15-6-4-11/h3-6H2,1-2H3,(H,13,14). The first-order chi connectivity index (χ1) is 7.56. The minimum Gasteiger partial charge on any atom is -0.480 e. The first-order valence-corrected chi connectivity index (χ1v) is 5.32. The second kappa shape index (κ2) is 3.90. The Labute approximate surface area is 93.4 Å². The number of rotatable bonds is 2. The van der Waals surface area contributed by atoms with Crippen molar-refractivity contribution in [1.82, 2.24) is 4.98 Å². The highest BCUT2D eigenvalue weighted by Gasteiger charge is 2.46. The summed E-state index contributed by atoms with van der Waals surface area (Å²) in [4.78, 5) is 15.7.